The first kappa shape index (κ1) is 18.5. The van der Waals surface area contributed by atoms with Crippen LogP contribution in [-0.4, -0.2) is 38.1 Å². The third kappa shape index (κ3) is 3.74. The van der Waals surface area contributed by atoms with Crippen LogP contribution >= 0.6 is 0 Å². The van der Waals surface area contributed by atoms with E-state index in [0.29, 0.717) is 30.0 Å². The average Bonchev–Trinajstić information content (AvgIpc) is 3.42. The van der Waals surface area contributed by atoms with Gasteiger partial charge in [0.25, 0.3) is 0 Å². The largest absolute Gasteiger partial charge is 0.486 e. The summed E-state index contributed by atoms with van der Waals surface area (Å²) in [5.41, 5.74) is 1.69. The maximum absolute atomic E-state index is 12.9. The molecule has 0 bridgehead atoms. The van der Waals surface area contributed by atoms with E-state index in [2.05, 4.69) is 10.4 Å². The topological polar surface area (TPSA) is 76.5 Å². The molecule has 7 nitrogen and oxygen atoms in total. The van der Waals surface area contributed by atoms with Crippen LogP contribution in [0.3, 0.4) is 0 Å². The molecule has 1 aliphatic heterocycles. The summed E-state index contributed by atoms with van der Waals surface area (Å²) in [5.74, 6) is 0.643. The molecule has 1 aliphatic carbocycles. The Labute approximate surface area is 164 Å². The summed E-state index contributed by atoms with van der Waals surface area (Å²) < 4.78 is 7.76. The van der Waals surface area contributed by atoms with E-state index in [1.165, 1.54) is 0 Å². The van der Waals surface area contributed by atoms with Crippen molar-refractivity contribution in [1.29, 1.82) is 0 Å². The summed E-state index contributed by atoms with van der Waals surface area (Å²) in [6.45, 7) is 4.49. The van der Waals surface area contributed by atoms with Gasteiger partial charge in [-0.1, -0.05) is 6.92 Å². The van der Waals surface area contributed by atoms with Crippen molar-refractivity contribution in [2.45, 2.75) is 57.7 Å². The van der Waals surface area contributed by atoms with Gasteiger partial charge in [-0.15, -0.1) is 0 Å². The lowest BCUT2D eigenvalue weighted by Gasteiger charge is -2.34. The molecule has 148 valence electrons. The third-order valence-corrected chi connectivity index (χ3v) is 5.53. The summed E-state index contributed by atoms with van der Waals surface area (Å²) in [6.07, 6.45) is 6.84. The van der Waals surface area contributed by atoms with E-state index in [-0.39, 0.29) is 17.9 Å². The lowest BCUT2D eigenvalue weighted by atomic mass is 9.89. The van der Waals surface area contributed by atoms with Crippen LogP contribution in [0.5, 0.6) is 5.75 Å². The van der Waals surface area contributed by atoms with E-state index in [9.17, 15) is 9.59 Å². The average molecular weight is 382 g/mol. The van der Waals surface area contributed by atoms with E-state index >= 15 is 0 Å². The molecule has 2 aromatic rings. The first-order chi connectivity index (χ1) is 13.4. The standard InChI is InChI=1S/C21H26N4O3/c1-4-21(2)10-18(26)17-9-15(5-8-19(17)28-21)23-20(27)25(16-6-7-16)13-14-11-22-24(3)12-14/h5,8-9,11-12,16H,4,6-7,10,13H2,1-3H3,(H,23,27). The van der Waals surface area contributed by atoms with E-state index in [1.54, 1.807) is 29.1 Å². The number of Topliss-reactive ketones (excluding diaryl/α,β-unsaturated/α-hetero) is 1. The van der Waals surface area contributed by atoms with Crippen LogP contribution in [0.2, 0.25) is 0 Å². The van der Waals surface area contributed by atoms with E-state index in [4.69, 9.17) is 4.74 Å². The monoisotopic (exact) mass is 382 g/mol. The Hall–Kier alpha value is -2.83. The highest BCUT2D eigenvalue weighted by molar-refractivity contribution is 6.02. The van der Waals surface area contributed by atoms with Gasteiger partial charge in [-0.2, -0.15) is 5.10 Å². The normalized spacial score (nSPS) is 21.0. The molecule has 0 radical (unpaired) electrons. The van der Waals surface area contributed by atoms with Crippen molar-refractivity contribution in [3.05, 3.63) is 41.7 Å². The Bertz CT molecular complexity index is 918. The van der Waals surface area contributed by atoms with Gasteiger partial charge in [0.05, 0.1) is 24.7 Å². The highest BCUT2D eigenvalue weighted by Crippen LogP contribution is 2.36. The fourth-order valence-electron chi connectivity index (χ4n) is 3.55. The van der Waals surface area contributed by atoms with Gasteiger partial charge in [-0.05, 0) is 44.4 Å². The van der Waals surface area contributed by atoms with E-state index in [0.717, 1.165) is 24.8 Å². The summed E-state index contributed by atoms with van der Waals surface area (Å²) in [6, 6.07) is 5.39. The Morgan fingerprint density at radius 3 is 2.86 bits per heavy atom. The minimum Gasteiger partial charge on any atom is -0.486 e. The van der Waals surface area contributed by atoms with Gasteiger partial charge in [0, 0.05) is 30.5 Å². The minimum absolute atomic E-state index is 0.0520. The van der Waals surface area contributed by atoms with Crippen LogP contribution < -0.4 is 10.1 Å². The molecule has 28 heavy (non-hydrogen) atoms. The van der Waals surface area contributed by atoms with Gasteiger partial charge >= 0.3 is 6.03 Å². The highest BCUT2D eigenvalue weighted by atomic mass is 16.5. The number of hydrogen-bond donors (Lipinski definition) is 1. The predicted molar refractivity (Wildman–Crippen MR) is 106 cm³/mol. The number of ketones is 1. The first-order valence-electron chi connectivity index (χ1n) is 9.78. The molecule has 2 heterocycles. The van der Waals surface area contributed by atoms with Gasteiger partial charge in [-0.3, -0.25) is 9.48 Å². The molecule has 1 unspecified atom stereocenters. The molecule has 1 atom stereocenters. The summed E-state index contributed by atoms with van der Waals surface area (Å²) >= 11 is 0. The lowest BCUT2D eigenvalue weighted by Crippen LogP contribution is -2.38. The number of aromatic nitrogens is 2. The molecule has 1 aromatic heterocycles. The molecule has 2 aliphatic rings. The summed E-state index contributed by atoms with van der Waals surface area (Å²) in [4.78, 5) is 27.3. The Morgan fingerprint density at radius 2 is 2.21 bits per heavy atom. The zero-order valence-corrected chi connectivity index (χ0v) is 16.6. The molecule has 4 rings (SSSR count). The zero-order valence-electron chi connectivity index (χ0n) is 16.6. The molecule has 1 fully saturated rings. The van der Waals surface area contributed by atoms with Gasteiger partial charge in [0.2, 0.25) is 0 Å². The summed E-state index contributed by atoms with van der Waals surface area (Å²) in [7, 11) is 1.86. The lowest BCUT2D eigenvalue weighted by molar-refractivity contribution is 0.0499. The second-order valence-corrected chi connectivity index (χ2v) is 8.03. The molecule has 7 heteroatoms. The van der Waals surface area contributed by atoms with Crippen LogP contribution in [0, 0.1) is 0 Å². The SMILES string of the molecule is CCC1(C)CC(=O)c2cc(NC(=O)N(Cc3cnn(C)c3)C3CC3)ccc2O1. The maximum atomic E-state index is 12.9. The minimum atomic E-state index is -0.457. The van der Waals surface area contributed by atoms with E-state index < -0.39 is 5.60 Å². The Kier molecular flexibility index (Phi) is 4.61. The number of amides is 2. The molecular formula is C21H26N4O3. The van der Waals surface area contributed by atoms with Crippen LogP contribution in [0.15, 0.2) is 30.6 Å². The predicted octanol–water partition coefficient (Wildman–Crippen LogP) is 3.75. The van der Waals surface area contributed by atoms with Gasteiger partial charge < -0.3 is 15.0 Å². The van der Waals surface area contributed by atoms with Gasteiger partial charge in [-0.25, -0.2) is 4.79 Å². The number of anilines is 1. The van der Waals surface area contributed by atoms with E-state index in [1.807, 2.05) is 32.0 Å². The molecule has 1 aromatic carbocycles. The number of fused-ring (bicyclic) bond motifs is 1. The van der Waals surface area contributed by atoms with Crippen molar-refractivity contribution in [2.24, 2.45) is 7.05 Å². The van der Waals surface area contributed by atoms with Crippen molar-refractivity contribution in [3.8, 4) is 5.75 Å². The van der Waals surface area contributed by atoms with Crippen molar-refractivity contribution in [1.82, 2.24) is 14.7 Å². The maximum Gasteiger partial charge on any atom is 0.322 e. The quantitative estimate of drug-likeness (QED) is 0.854. The van der Waals surface area contributed by atoms with Gasteiger partial charge in [0.15, 0.2) is 5.78 Å². The Balaban J connectivity index is 1.50. The summed E-state index contributed by atoms with van der Waals surface area (Å²) in [5, 5.41) is 7.12. The highest BCUT2D eigenvalue weighted by Gasteiger charge is 2.36. The second-order valence-electron chi connectivity index (χ2n) is 8.03. The second kappa shape index (κ2) is 6.96. The molecule has 0 spiro atoms. The first-order valence-corrected chi connectivity index (χ1v) is 9.78. The number of carbonyl (C=O) groups excluding carboxylic acids is 2. The zero-order chi connectivity index (χ0) is 19.9. The number of nitrogens with one attached hydrogen (secondary N) is 1. The molecular weight excluding hydrogens is 356 g/mol. The van der Waals surface area contributed by atoms with Crippen LogP contribution in [0.4, 0.5) is 10.5 Å². The van der Waals surface area contributed by atoms with Crippen molar-refractivity contribution in [2.75, 3.05) is 5.32 Å². The number of hydrogen-bond acceptors (Lipinski definition) is 4. The fourth-order valence-corrected chi connectivity index (χ4v) is 3.55. The van der Waals surface area contributed by atoms with Gasteiger partial charge in [0.1, 0.15) is 11.4 Å². The van der Waals surface area contributed by atoms with Crippen LogP contribution in [0.25, 0.3) is 0 Å². The number of nitrogens with zero attached hydrogens (tertiary/aromatic N) is 3. The molecule has 1 N–H and O–H groups in total. The number of ether oxygens (including phenoxy) is 1. The number of rotatable bonds is 5. The smallest absolute Gasteiger partial charge is 0.322 e. The third-order valence-electron chi connectivity index (χ3n) is 5.53. The van der Waals surface area contributed by atoms with Crippen molar-refractivity contribution >= 4 is 17.5 Å². The van der Waals surface area contributed by atoms with Crippen molar-refractivity contribution in [3.63, 3.8) is 0 Å². The number of urea groups is 1. The molecule has 0 saturated heterocycles. The van der Waals surface area contributed by atoms with Crippen LogP contribution in [-0.2, 0) is 13.6 Å². The fraction of sp³-hybridized carbons (Fsp3) is 0.476. The number of aryl methyl sites for hydroxylation is 1. The Morgan fingerprint density at radius 1 is 1.43 bits per heavy atom. The van der Waals surface area contributed by atoms with Crippen molar-refractivity contribution < 1.29 is 14.3 Å². The molecule has 1 saturated carbocycles. The molecule has 2 amide bonds. The number of benzene rings is 1. The van der Waals surface area contributed by atoms with Crippen LogP contribution in [0.1, 0.15) is 55.5 Å². The number of carbonyl (C=O) groups is 2.